The Bertz CT molecular complexity index is 500. The Morgan fingerprint density at radius 3 is 2.80 bits per heavy atom. The minimum absolute atomic E-state index is 0.0317. The Morgan fingerprint density at radius 1 is 1.50 bits per heavy atom. The van der Waals surface area contributed by atoms with Gasteiger partial charge in [0.05, 0.1) is 18.7 Å². The molecule has 1 amide bonds. The van der Waals surface area contributed by atoms with Crippen LogP contribution in [0.25, 0.3) is 0 Å². The van der Waals surface area contributed by atoms with Crippen molar-refractivity contribution >= 4 is 44.7 Å². The van der Waals surface area contributed by atoms with Gasteiger partial charge in [-0.3, -0.25) is 4.79 Å². The van der Waals surface area contributed by atoms with E-state index in [4.69, 9.17) is 18.0 Å². The molecular weight excluding hydrogens is 354 g/mol. The average Bonchev–Trinajstić information content (AvgIpc) is 2.34. The summed E-state index contributed by atoms with van der Waals surface area (Å²) in [5, 5.41) is 2.62. The lowest BCUT2D eigenvalue weighted by molar-refractivity contribution is -0.117. The van der Waals surface area contributed by atoms with E-state index in [9.17, 15) is 13.6 Å². The summed E-state index contributed by atoms with van der Waals surface area (Å²) >= 11 is 8.16. The molecule has 0 heterocycles. The molecule has 1 rings (SSSR count). The molecule has 0 aliphatic heterocycles. The first-order valence-electron chi connectivity index (χ1n) is 5.65. The van der Waals surface area contributed by atoms with Crippen LogP contribution < -0.4 is 11.1 Å². The molecule has 0 aromatic heterocycles. The van der Waals surface area contributed by atoms with Crippen LogP contribution in [0.4, 0.5) is 14.5 Å². The smallest absolute Gasteiger partial charge is 0.261 e. The lowest BCUT2D eigenvalue weighted by Crippen LogP contribution is -2.19. The van der Waals surface area contributed by atoms with E-state index >= 15 is 0 Å². The highest BCUT2D eigenvalue weighted by molar-refractivity contribution is 9.10. The first kappa shape index (κ1) is 16.9. The van der Waals surface area contributed by atoms with E-state index in [1.165, 1.54) is 0 Å². The van der Waals surface area contributed by atoms with Gasteiger partial charge in [0.2, 0.25) is 5.91 Å². The highest BCUT2D eigenvalue weighted by atomic mass is 79.9. The highest BCUT2D eigenvalue weighted by Crippen LogP contribution is 2.21. The lowest BCUT2D eigenvalue weighted by atomic mass is 10.1. The van der Waals surface area contributed by atoms with E-state index in [0.29, 0.717) is 11.3 Å². The van der Waals surface area contributed by atoms with Crippen LogP contribution in [0.2, 0.25) is 0 Å². The van der Waals surface area contributed by atoms with E-state index in [0.717, 1.165) is 4.47 Å². The van der Waals surface area contributed by atoms with Crippen LogP contribution in [0.15, 0.2) is 22.7 Å². The van der Waals surface area contributed by atoms with Gasteiger partial charge in [-0.15, -0.1) is 0 Å². The second-order valence-corrected chi connectivity index (χ2v) is 5.17. The number of amides is 1. The molecule has 0 aliphatic carbocycles. The molecule has 3 N–H and O–H groups in total. The Kier molecular flexibility index (Phi) is 6.97. The number of anilines is 1. The summed E-state index contributed by atoms with van der Waals surface area (Å²) in [4.78, 5) is 11.8. The molecule has 1 aromatic carbocycles. The third-order valence-corrected chi connectivity index (χ3v) is 2.95. The number of halogens is 3. The molecule has 0 radical (unpaired) electrons. The van der Waals surface area contributed by atoms with Gasteiger partial charge in [0.1, 0.15) is 11.6 Å². The number of nitrogens with one attached hydrogen (secondary N) is 1. The number of carbonyl (C=O) groups excluding carboxylic acids is 1. The summed E-state index contributed by atoms with van der Waals surface area (Å²) in [7, 11) is 0. The van der Waals surface area contributed by atoms with Gasteiger partial charge in [-0.2, -0.15) is 0 Å². The fourth-order valence-electron chi connectivity index (χ4n) is 1.38. The van der Waals surface area contributed by atoms with Crippen LogP contribution in [0, 0.1) is 0 Å². The monoisotopic (exact) mass is 366 g/mol. The van der Waals surface area contributed by atoms with Gasteiger partial charge in [-0.05, 0) is 18.2 Å². The number of benzene rings is 1. The Morgan fingerprint density at radius 2 is 2.20 bits per heavy atom. The molecule has 4 nitrogen and oxygen atoms in total. The quantitative estimate of drug-likeness (QED) is 0.575. The molecule has 0 saturated heterocycles. The van der Waals surface area contributed by atoms with Crippen molar-refractivity contribution < 1.29 is 18.3 Å². The number of carbonyl (C=O) groups is 1. The molecule has 8 heteroatoms. The molecule has 0 unspecified atom stereocenters. The summed E-state index contributed by atoms with van der Waals surface area (Å²) in [5.74, 6) is -0.366. The molecule has 0 spiro atoms. The maximum absolute atomic E-state index is 11.8. The molecule has 1 aromatic rings. The summed E-state index contributed by atoms with van der Waals surface area (Å²) in [6.07, 6.45) is -2.57. The zero-order valence-corrected chi connectivity index (χ0v) is 12.8. The predicted molar refractivity (Wildman–Crippen MR) is 80.1 cm³/mol. The Labute approximate surface area is 128 Å². The zero-order chi connectivity index (χ0) is 15.1. The van der Waals surface area contributed by atoms with Gasteiger partial charge >= 0.3 is 0 Å². The van der Waals surface area contributed by atoms with E-state index < -0.39 is 13.0 Å². The molecule has 110 valence electrons. The summed E-state index contributed by atoms with van der Waals surface area (Å²) in [5.41, 5.74) is 6.55. The van der Waals surface area contributed by atoms with Crippen LogP contribution in [0.3, 0.4) is 0 Å². The van der Waals surface area contributed by atoms with Crippen molar-refractivity contribution in [2.45, 2.75) is 12.8 Å². The molecule has 0 aliphatic rings. The standard InChI is InChI=1S/C12H13BrF2N2O2S/c13-7-1-2-8(12(16)20)9(5-7)17-11(18)3-4-19-6-10(14)15/h1-2,5,10H,3-4,6H2,(H2,16,20)(H,17,18). The summed E-state index contributed by atoms with van der Waals surface area (Å²) in [6.45, 7) is -0.755. The van der Waals surface area contributed by atoms with Crippen molar-refractivity contribution in [1.29, 1.82) is 0 Å². The van der Waals surface area contributed by atoms with E-state index in [1.54, 1.807) is 18.2 Å². The first-order valence-corrected chi connectivity index (χ1v) is 6.85. The normalized spacial score (nSPS) is 10.6. The third-order valence-electron chi connectivity index (χ3n) is 2.24. The van der Waals surface area contributed by atoms with E-state index in [2.05, 4.69) is 26.0 Å². The Balaban J connectivity index is 2.57. The zero-order valence-electron chi connectivity index (χ0n) is 10.4. The van der Waals surface area contributed by atoms with Gasteiger partial charge in [-0.25, -0.2) is 8.78 Å². The predicted octanol–water partition coefficient (Wildman–Crippen LogP) is 2.69. The van der Waals surface area contributed by atoms with Crippen molar-refractivity contribution in [1.82, 2.24) is 0 Å². The molecule has 20 heavy (non-hydrogen) atoms. The molecule has 0 saturated carbocycles. The van der Waals surface area contributed by atoms with Crippen LogP contribution >= 0.6 is 28.1 Å². The first-order chi connectivity index (χ1) is 9.40. The van der Waals surface area contributed by atoms with Gasteiger partial charge < -0.3 is 15.8 Å². The number of alkyl halides is 2. The number of thiocarbonyl (C=S) groups is 1. The molecule has 0 atom stereocenters. The highest BCUT2D eigenvalue weighted by Gasteiger charge is 2.10. The van der Waals surface area contributed by atoms with Crippen LogP contribution in [0.1, 0.15) is 12.0 Å². The molecule has 0 fully saturated rings. The SMILES string of the molecule is NC(=S)c1ccc(Br)cc1NC(=O)CCOCC(F)F. The van der Waals surface area contributed by atoms with Gasteiger partial charge in [0.15, 0.2) is 0 Å². The topological polar surface area (TPSA) is 64.3 Å². The summed E-state index contributed by atoms with van der Waals surface area (Å²) in [6, 6.07) is 5.08. The van der Waals surface area contributed by atoms with Crippen molar-refractivity contribution in [3.8, 4) is 0 Å². The van der Waals surface area contributed by atoms with Crippen LogP contribution in [-0.4, -0.2) is 30.5 Å². The van der Waals surface area contributed by atoms with Crippen LogP contribution in [-0.2, 0) is 9.53 Å². The van der Waals surface area contributed by atoms with Gasteiger partial charge in [0.25, 0.3) is 6.43 Å². The minimum Gasteiger partial charge on any atom is -0.389 e. The number of ether oxygens (including phenoxy) is 1. The molecular formula is C12H13BrF2N2O2S. The van der Waals surface area contributed by atoms with Crippen molar-refractivity contribution in [2.24, 2.45) is 5.73 Å². The maximum atomic E-state index is 11.8. The van der Waals surface area contributed by atoms with Gasteiger partial charge in [0, 0.05) is 10.0 Å². The van der Waals surface area contributed by atoms with Crippen molar-refractivity contribution in [3.05, 3.63) is 28.2 Å². The van der Waals surface area contributed by atoms with E-state index in [1.807, 2.05) is 0 Å². The van der Waals surface area contributed by atoms with Crippen molar-refractivity contribution in [3.63, 3.8) is 0 Å². The second kappa shape index (κ2) is 8.23. The van der Waals surface area contributed by atoms with Gasteiger partial charge in [-0.1, -0.05) is 28.1 Å². The fraction of sp³-hybridized carbons (Fsp3) is 0.333. The van der Waals surface area contributed by atoms with Crippen LogP contribution in [0.5, 0.6) is 0 Å². The number of hydrogen-bond acceptors (Lipinski definition) is 3. The third kappa shape index (κ3) is 5.89. The number of hydrogen-bond donors (Lipinski definition) is 2. The number of rotatable bonds is 7. The number of nitrogens with two attached hydrogens (primary N) is 1. The lowest BCUT2D eigenvalue weighted by Gasteiger charge is -2.11. The fourth-order valence-corrected chi connectivity index (χ4v) is 1.92. The molecule has 0 bridgehead atoms. The van der Waals surface area contributed by atoms with Crippen molar-refractivity contribution in [2.75, 3.05) is 18.5 Å². The average molecular weight is 367 g/mol. The Hall–Kier alpha value is -1.12. The second-order valence-electron chi connectivity index (χ2n) is 3.82. The largest absolute Gasteiger partial charge is 0.389 e. The van der Waals surface area contributed by atoms with E-state index in [-0.39, 0.29) is 23.9 Å². The summed E-state index contributed by atoms with van der Waals surface area (Å²) < 4.78 is 29.1. The minimum atomic E-state index is -2.54. The maximum Gasteiger partial charge on any atom is 0.261 e.